The third-order valence-corrected chi connectivity index (χ3v) is 4.79. The van der Waals surface area contributed by atoms with Crippen molar-refractivity contribution in [3.8, 4) is 0 Å². The van der Waals surface area contributed by atoms with E-state index < -0.39 is 6.10 Å². The molecule has 1 amide bonds. The maximum absolute atomic E-state index is 11.3. The molecule has 4 atom stereocenters. The lowest BCUT2D eigenvalue weighted by Crippen LogP contribution is -2.48. The van der Waals surface area contributed by atoms with Crippen LogP contribution in [0.15, 0.2) is 30.3 Å². The Morgan fingerprint density at radius 3 is 2.71 bits per heavy atom. The Hall–Kier alpha value is -1.39. The van der Waals surface area contributed by atoms with Crippen molar-refractivity contribution < 1.29 is 14.3 Å². The van der Waals surface area contributed by atoms with Gasteiger partial charge in [0.1, 0.15) is 6.10 Å². The minimum Gasteiger partial charge on any atom is -0.377 e. The average Bonchev–Trinajstić information content (AvgIpc) is 2.47. The summed E-state index contributed by atoms with van der Waals surface area (Å²) in [6.07, 6.45) is 3.78. The summed E-state index contributed by atoms with van der Waals surface area (Å²) >= 11 is 0. The lowest BCUT2D eigenvalue weighted by molar-refractivity contribution is -0.165. The molecular formula is C17H23NO3. The molecule has 0 spiro atoms. The first kappa shape index (κ1) is 14.5. The van der Waals surface area contributed by atoms with Crippen molar-refractivity contribution in [2.24, 2.45) is 17.6 Å². The van der Waals surface area contributed by atoms with Crippen molar-refractivity contribution in [3.63, 3.8) is 0 Å². The molecule has 2 saturated heterocycles. The quantitative estimate of drug-likeness (QED) is 0.900. The minimum absolute atomic E-state index is 0.321. The number of primary amides is 1. The van der Waals surface area contributed by atoms with E-state index in [4.69, 9.17) is 15.2 Å². The van der Waals surface area contributed by atoms with Gasteiger partial charge in [0.05, 0.1) is 12.7 Å². The van der Waals surface area contributed by atoms with Gasteiger partial charge in [-0.15, -0.1) is 0 Å². The zero-order valence-electron chi connectivity index (χ0n) is 12.2. The molecule has 114 valence electrons. The van der Waals surface area contributed by atoms with Crippen molar-refractivity contribution in [1.82, 2.24) is 0 Å². The summed E-state index contributed by atoms with van der Waals surface area (Å²) in [4.78, 5) is 11.3. The van der Waals surface area contributed by atoms with E-state index in [0.29, 0.717) is 24.5 Å². The topological polar surface area (TPSA) is 61.6 Å². The van der Waals surface area contributed by atoms with Gasteiger partial charge in [0, 0.05) is 12.5 Å². The van der Waals surface area contributed by atoms with Crippen LogP contribution in [0.5, 0.6) is 0 Å². The molecule has 4 unspecified atom stereocenters. The number of carbonyl (C=O) groups excluding carboxylic acids is 1. The number of nitrogens with two attached hydrogens (primary N) is 1. The molecule has 1 aromatic carbocycles. The fourth-order valence-corrected chi connectivity index (χ4v) is 3.44. The summed E-state index contributed by atoms with van der Waals surface area (Å²) in [5, 5.41) is 0. The highest BCUT2D eigenvalue weighted by Crippen LogP contribution is 2.37. The zero-order chi connectivity index (χ0) is 14.7. The molecule has 4 heteroatoms. The van der Waals surface area contributed by atoms with Crippen LogP contribution >= 0.6 is 0 Å². The van der Waals surface area contributed by atoms with Gasteiger partial charge in [-0.1, -0.05) is 30.3 Å². The highest BCUT2D eigenvalue weighted by Gasteiger charge is 2.41. The number of benzene rings is 1. The Morgan fingerprint density at radius 1 is 1.24 bits per heavy atom. The molecule has 21 heavy (non-hydrogen) atoms. The molecule has 4 nitrogen and oxygen atoms in total. The van der Waals surface area contributed by atoms with Crippen LogP contribution in [-0.2, 0) is 20.7 Å². The third kappa shape index (κ3) is 3.44. The highest BCUT2D eigenvalue weighted by molar-refractivity contribution is 5.78. The van der Waals surface area contributed by atoms with Crippen molar-refractivity contribution >= 4 is 5.91 Å². The lowest BCUT2D eigenvalue weighted by Gasteiger charge is -2.44. The second-order valence-corrected chi connectivity index (χ2v) is 6.11. The third-order valence-electron chi connectivity index (χ3n) is 4.79. The van der Waals surface area contributed by atoms with Crippen LogP contribution < -0.4 is 5.73 Å². The van der Waals surface area contributed by atoms with E-state index >= 15 is 0 Å². The molecule has 2 N–H and O–H groups in total. The maximum Gasteiger partial charge on any atom is 0.246 e. The molecular weight excluding hydrogens is 266 g/mol. The normalized spacial score (nSPS) is 32.4. The smallest absolute Gasteiger partial charge is 0.246 e. The Morgan fingerprint density at radius 2 is 2.05 bits per heavy atom. The van der Waals surface area contributed by atoms with Crippen LogP contribution in [0.1, 0.15) is 24.8 Å². The van der Waals surface area contributed by atoms with Crippen LogP contribution in [0.4, 0.5) is 0 Å². The fraction of sp³-hybridized carbons (Fsp3) is 0.588. The number of carbonyl (C=O) groups is 1. The number of hydrogen-bond acceptors (Lipinski definition) is 3. The monoisotopic (exact) mass is 289 g/mol. The first-order valence-corrected chi connectivity index (χ1v) is 7.80. The molecule has 2 aliphatic rings. The van der Waals surface area contributed by atoms with Gasteiger partial charge in [-0.05, 0) is 37.2 Å². The van der Waals surface area contributed by atoms with E-state index in [1.165, 1.54) is 5.56 Å². The van der Waals surface area contributed by atoms with Crippen LogP contribution in [0.3, 0.4) is 0 Å². The van der Waals surface area contributed by atoms with Crippen LogP contribution in [-0.4, -0.2) is 31.3 Å². The van der Waals surface area contributed by atoms with Gasteiger partial charge in [-0.3, -0.25) is 4.79 Å². The number of ether oxygens (including phenoxy) is 2. The van der Waals surface area contributed by atoms with Gasteiger partial charge >= 0.3 is 0 Å². The molecule has 0 aliphatic carbocycles. The van der Waals surface area contributed by atoms with Gasteiger partial charge in [-0.25, -0.2) is 0 Å². The summed E-state index contributed by atoms with van der Waals surface area (Å²) in [5.74, 6) is 0.728. The van der Waals surface area contributed by atoms with E-state index in [9.17, 15) is 4.79 Å². The van der Waals surface area contributed by atoms with Crippen LogP contribution in [0, 0.1) is 11.8 Å². The Labute approximate surface area is 125 Å². The second kappa shape index (κ2) is 6.58. The zero-order valence-corrected chi connectivity index (χ0v) is 12.2. The summed E-state index contributed by atoms with van der Waals surface area (Å²) in [7, 11) is 0. The van der Waals surface area contributed by atoms with Gasteiger partial charge in [0.25, 0.3) is 0 Å². The largest absolute Gasteiger partial charge is 0.377 e. The van der Waals surface area contributed by atoms with E-state index in [1.54, 1.807) is 0 Å². The molecule has 2 fully saturated rings. The Balaban J connectivity index is 1.51. The molecule has 3 rings (SSSR count). The van der Waals surface area contributed by atoms with Gasteiger partial charge in [0.15, 0.2) is 0 Å². The van der Waals surface area contributed by atoms with Crippen LogP contribution in [0.2, 0.25) is 0 Å². The standard InChI is InChI=1S/C17H23NO3/c18-17(19)16-10-13(8-9-20-16)14-11-21-15(14)7-6-12-4-2-1-3-5-12/h1-5,13-16H,6-11H2,(H2,18,19). The Bertz CT molecular complexity index is 476. The van der Waals surface area contributed by atoms with Gasteiger partial charge < -0.3 is 15.2 Å². The molecule has 0 aromatic heterocycles. The Kier molecular flexibility index (Phi) is 4.56. The fourth-order valence-electron chi connectivity index (χ4n) is 3.44. The van der Waals surface area contributed by atoms with Crippen LogP contribution in [0.25, 0.3) is 0 Å². The molecule has 0 saturated carbocycles. The van der Waals surface area contributed by atoms with E-state index in [0.717, 1.165) is 32.3 Å². The first-order valence-electron chi connectivity index (χ1n) is 7.80. The molecule has 0 radical (unpaired) electrons. The molecule has 0 bridgehead atoms. The van der Waals surface area contributed by atoms with E-state index in [-0.39, 0.29) is 5.91 Å². The van der Waals surface area contributed by atoms with E-state index in [2.05, 4.69) is 24.3 Å². The summed E-state index contributed by atoms with van der Waals surface area (Å²) in [6, 6.07) is 10.5. The van der Waals surface area contributed by atoms with Crippen molar-refractivity contribution in [1.29, 1.82) is 0 Å². The van der Waals surface area contributed by atoms with E-state index in [1.807, 2.05) is 6.07 Å². The SMILES string of the molecule is NC(=O)C1CC(C2COC2CCc2ccccc2)CCO1. The molecule has 2 heterocycles. The maximum atomic E-state index is 11.3. The summed E-state index contributed by atoms with van der Waals surface area (Å²) in [5.41, 5.74) is 6.72. The van der Waals surface area contributed by atoms with Crippen molar-refractivity contribution in [2.45, 2.75) is 37.9 Å². The van der Waals surface area contributed by atoms with Crippen molar-refractivity contribution in [3.05, 3.63) is 35.9 Å². The predicted octanol–water partition coefficient (Wildman–Crippen LogP) is 1.91. The predicted molar refractivity (Wildman–Crippen MR) is 79.7 cm³/mol. The highest BCUT2D eigenvalue weighted by atomic mass is 16.5. The van der Waals surface area contributed by atoms with Gasteiger partial charge in [-0.2, -0.15) is 0 Å². The number of amides is 1. The number of hydrogen-bond donors (Lipinski definition) is 1. The molecule has 1 aromatic rings. The molecule has 2 aliphatic heterocycles. The second-order valence-electron chi connectivity index (χ2n) is 6.11. The van der Waals surface area contributed by atoms with Crippen molar-refractivity contribution in [2.75, 3.05) is 13.2 Å². The van der Waals surface area contributed by atoms with Gasteiger partial charge in [0.2, 0.25) is 5.91 Å². The minimum atomic E-state index is -0.404. The average molecular weight is 289 g/mol. The number of aryl methyl sites for hydroxylation is 1. The number of rotatable bonds is 5. The summed E-state index contributed by atoms with van der Waals surface area (Å²) < 4.78 is 11.2. The first-order chi connectivity index (χ1) is 10.2. The summed E-state index contributed by atoms with van der Waals surface area (Å²) in [6.45, 7) is 1.45. The lowest BCUT2D eigenvalue weighted by atomic mass is 9.76.